The Bertz CT molecular complexity index is 500. The Morgan fingerprint density at radius 2 is 1.89 bits per heavy atom. The lowest BCUT2D eigenvalue weighted by molar-refractivity contribution is 0.112. The first-order valence-corrected chi connectivity index (χ1v) is 6.34. The fraction of sp³-hybridized carbons (Fsp3) is 0.250. The van der Waals surface area contributed by atoms with Crippen molar-refractivity contribution in [3.05, 3.63) is 53.7 Å². The van der Waals surface area contributed by atoms with Gasteiger partial charge in [-0.1, -0.05) is 37.6 Å². The molecule has 0 saturated carbocycles. The molecule has 0 aliphatic heterocycles. The van der Waals surface area contributed by atoms with Gasteiger partial charge in [0.25, 0.3) is 0 Å². The number of hydrogen-bond acceptors (Lipinski definition) is 2. The molecule has 0 unspecified atom stereocenters. The van der Waals surface area contributed by atoms with E-state index in [2.05, 4.69) is 36.2 Å². The van der Waals surface area contributed by atoms with E-state index < -0.39 is 0 Å². The highest BCUT2D eigenvalue weighted by Gasteiger charge is 2.00. The summed E-state index contributed by atoms with van der Waals surface area (Å²) >= 11 is 0. The van der Waals surface area contributed by atoms with Crippen LogP contribution in [-0.4, -0.2) is 11.3 Å². The molecule has 18 heavy (non-hydrogen) atoms. The molecule has 2 nitrogen and oxygen atoms in total. The SMILES string of the molecule is CCCCc1ccc(-c2ccc(C=O)cn2)cc1. The van der Waals surface area contributed by atoms with Gasteiger partial charge in [0.1, 0.15) is 0 Å². The number of aryl methyl sites for hydroxylation is 1. The van der Waals surface area contributed by atoms with Crippen LogP contribution >= 0.6 is 0 Å². The molecule has 1 aromatic carbocycles. The van der Waals surface area contributed by atoms with Crippen LogP contribution in [0.25, 0.3) is 11.3 Å². The number of nitrogens with zero attached hydrogens (tertiary/aromatic N) is 1. The van der Waals surface area contributed by atoms with E-state index in [1.54, 1.807) is 12.3 Å². The van der Waals surface area contributed by atoms with Gasteiger partial charge in [-0.25, -0.2) is 0 Å². The maximum Gasteiger partial charge on any atom is 0.151 e. The number of hydrogen-bond donors (Lipinski definition) is 0. The summed E-state index contributed by atoms with van der Waals surface area (Å²) in [6.07, 6.45) is 5.99. The summed E-state index contributed by atoms with van der Waals surface area (Å²) in [5.41, 5.74) is 3.97. The van der Waals surface area contributed by atoms with Gasteiger partial charge in [-0.2, -0.15) is 0 Å². The molecule has 0 saturated heterocycles. The topological polar surface area (TPSA) is 30.0 Å². The number of rotatable bonds is 5. The Kier molecular flexibility index (Phi) is 4.24. The molecule has 0 bridgehead atoms. The molecule has 92 valence electrons. The summed E-state index contributed by atoms with van der Waals surface area (Å²) in [5, 5.41) is 0. The fourth-order valence-corrected chi connectivity index (χ4v) is 1.87. The predicted molar refractivity (Wildman–Crippen MR) is 73.7 cm³/mol. The molecular weight excluding hydrogens is 222 g/mol. The zero-order valence-electron chi connectivity index (χ0n) is 10.6. The monoisotopic (exact) mass is 239 g/mol. The van der Waals surface area contributed by atoms with Crippen LogP contribution in [-0.2, 0) is 6.42 Å². The minimum absolute atomic E-state index is 0.610. The number of benzene rings is 1. The van der Waals surface area contributed by atoms with Crippen LogP contribution in [0.4, 0.5) is 0 Å². The van der Waals surface area contributed by atoms with Crippen molar-refractivity contribution in [1.82, 2.24) is 4.98 Å². The van der Waals surface area contributed by atoms with Crippen LogP contribution in [0, 0.1) is 0 Å². The van der Waals surface area contributed by atoms with Crippen LogP contribution in [0.15, 0.2) is 42.6 Å². The third-order valence-electron chi connectivity index (χ3n) is 2.99. The highest BCUT2D eigenvalue weighted by Crippen LogP contribution is 2.18. The Morgan fingerprint density at radius 1 is 1.11 bits per heavy atom. The van der Waals surface area contributed by atoms with Gasteiger partial charge in [-0.05, 0) is 30.5 Å². The maximum atomic E-state index is 10.6. The van der Waals surface area contributed by atoms with Gasteiger partial charge in [0.15, 0.2) is 6.29 Å². The lowest BCUT2D eigenvalue weighted by Crippen LogP contribution is -1.88. The van der Waals surface area contributed by atoms with Crippen molar-refractivity contribution in [3.8, 4) is 11.3 Å². The summed E-state index contributed by atoms with van der Waals surface area (Å²) in [6, 6.07) is 12.2. The Hall–Kier alpha value is -1.96. The standard InChI is InChI=1S/C16H17NO/c1-2-3-4-13-5-8-15(9-6-13)16-10-7-14(12-18)11-17-16/h5-12H,2-4H2,1H3. The second-order valence-corrected chi connectivity index (χ2v) is 4.40. The van der Waals surface area contributed by atoms with Crippen molar-refractivity contribution in [2.75, 3.05) is 0 Å². The Balaban J connectivity index is 2.14. The molecule has 1 heterocycles. The Morgan fingerprint density at radius 3 is 2.44 bits per heavy atom. The molecule has 0 N–H and O–H groups in total. The number of carbonyl (C=O) groups is 1. The van der Waals surface area contributed by atoms with E-state index in [1.807, 2.05) is 6.07 Å². The third kappa shape index (κ3) is 3.04. The van der Waals surface area contributed by atoms with Crippen molar-refractivity contribution in [2.24, 2.45) is 0 Å². The van der Waals surface area contributed by atoms with E-state index in [4.69, 9.17) is 0 Å². The molecule has 0 atom stereocenters. The van der Waals surface area contributed by atoms with Gasteiger partial charge in [-0.15, -0.1) is 0 Å². The molecular formula is C16H17NO. The van der Waals surface area contributed by atoms with E-state index in [0.717, 1.165) is 24.0 Å². The lowest BCUT2D eigenvalue weighted by Gasteiger charge is -2.03. The van der Waals surface area contributed by atoms with E-state index >= 15 is 0 Å². The van der Waals surface area contributed by atoms with Crippen molar-refractivity contribution in [3.63, 3.8) is 0 Å². The molecule has 2 aromatic rings. The second-order valence-electron chi connectivity index (χ2n) is 4.40. The number of pyridine rings is 1. The minimum atomic E-state index is 0.610. The molecule has 0 amide bonds. The quantitative estimate of drug-likeness (QED) is 0.740. The number of carbonyl (C=O) groups excluding carboxylic acids is 1. The summed E-state index contributed by atoms with van der Waals surface area (Å²) < 4.78 is 0. The van der Waals surface area contributed by atoms with Crippen molar-refractivity contribution < 1.29 is 4.79 Å². The normalized spacial score (nSPS) is 10.3. The zero-order chi connectivity index (χ0) is 12.8. The Labute approximate surface area is 108 Å². The second kappa shape index (κ2) is 6.10. The smallest absolute Gasteiger partial charge is 0.151 e. The predicted octanol–water partition coefficient (Wildman–Crippen LogP) is 3.90. The summed E-state index contributed by atoms with van der Waals surface area (Å²) in [6.45, 7) is 2.20. The maximum absolute atomic E-state index is 10.6. The van der Waals surface area contributed by atoms with Gasteiger partial charge in [0.2, 0.25) is 0 Å². The van der Waals surface area contributed by atoms with Crippen LogP contribution in [0.1, 0.15) is 35.7 Å². The van der Waals surface area contributed by atoms with E-state index in [1.165, 1.54) is 18.4 Å². The molecule has 0 fully saturated rings. The van der Waals surface area contributed by atoms with Gasteiger partial charge in [-0.3, -0.25) is 9.78 Å². The summed E-state index contributed by atoms with van der Waals surface area (Å²) in [7, 11) is 0. The highest BCUT2D eigenvalue weighted by atomic mass is 16.1. The molecule has 2 rings (SSSR count). The molecule has 0 aliphatic carbocycles. The van der Waals surface area contributed by atoms with Crippen molar-refractivity contribution in [2.45, 2.75) is 26.2 Å². The van der Waals surface area contributed by atoms with Crippen LogP contribution in [0.5, 0.6) is 0 Å². The lowest BCUT2D eigenvalue weighted by atomic mass is 10.0. The van der Waals surface area contributed by atoms with Gasteiger partial charge in [0, 0.05) is 17.3 Å². The van der Waals surface area contributed by atoms with E-state index in [0.29, 0.717) is 5.56 Å². The van der Waals surface area contributed by atoms with Gasteiger partial charge in [0.05, 0.1) is 5.69 Å². The molecule has 1 aromatic heterocycles. The highest BCUT2D eigenvalue weighted by molar-refractivity contribution is 5.75. The zero-order valence-corrected chi connectivity index (χ0v) is 10.6. The molecule has 0 spiro atoms. The van der Waals surface area contributed by atoms with Crippen LogP contribution in [0.3, 0.4) is 0 Å². The van der Waals surface area contributed by atoms with E-state index in [9.17, 15) is 4.79 Å². The largest absolute Gasteiger partial charge is 0.298 e. The molecule has 0 aliphatic rings. The number of aldehydes is 1. The minimum Gasteiger partial charge on any atom is -0.298 e. The van der Waals surface area contributed by atoms with E-state index in [-0.39, 0.29) is 0 Å². The average Bonchev–Trinajstić information content (AvgIpc) is 2.46. The van der Waals surface area contributed by atoms with Crippen LogP contribution < -0.4 is 0 Å². The van der Waals surface area contributed by atoms with Crippen molar-refractivity contribution in [1.29, 1.82) is 0 Å². The first-order valence-electron chi connectivity index (χ1n) is 6.34. The van der Waals surface area contributed by atoms with Crippen LogP contribution in [0.2, 0.25) is 0 Å². The first kappa shape index (κ1) is 12.5. The van der Waals surface area contributed by atoms with Gasteiger partial charge >= 0.3 is 0 Å². The molecule has 0 radical (unpaired) electrons. The summed E-state index contributed by atoms with van der Waals surface area (Å²) in [4.78, 5) is 14.8. The summed E-state index contributed by atoms with van der Waals surface area (Å²) in [5.74, 6) is 0. The van der Waals surface area contributed by atoms with Crippen molar-refractivity contribution >= 4 is 6.29 Å². The third-order valence-corrected chi connectivity index (χ3v) is 2.99. The average molecular weight is 239 g/mol. The number of aromatic nitrogens is 1. The molecule has 2 heteroatoms. The fourth-order valence-electron chi connectivity index (χ4n) is 1.87. The number of unbranched alkanes of at least 4 members (excludes halogenated alkanes) is 1. The van der Waals surface area contributed by atoms with Gasteiger partial charge < -0.3 is 0 Å². The first-order chi connectivity index (χ1) is 8.83.